The molecule has 8 nitrogen and oxygen atoms in total. The second kappa shape index (κ2) is 8.66. The van der Waals surface area contributed by atoms with Crippen LogP contribution in [0.25, 0.3) is 32.9 Å². The topological polar surface area (TPSA) is 103 Å². The fraction of sp³-hybridized carbons (Fsp3) is 0.217. The quantitative estimate of drug-likeness (QED) is 0.441. The van der Waals surface area contributed by atoms with E-state index in [0.29, 0.717) is 22.1 Å². The summed E-state index contributed by atoms with van der Waals surface area (Å²) < 4.78 is 0. The highest BCUT2D eigenvalue weighted by Gasteiger charge is 2.19. The van der Waals surface area contributed by atoms with Crippen molar-refractivity contribution in [3.05, 3.63) is 53.8 Å². The Bertz CT molecular complexity index is 1320. The summed E-state index contributed by atoms with van der Waals surface area (Å²) in [5.74, 6) is 0.682. The third-order valence-electron chi connectivity index (χ3n) is 5.53. The highest BCUT2D eigenvalue weighted by Crippen LogP contribution is 2.37. The predicted octanol–water partition coefficient (Wildman–Crippen LogP) is 2.84. The van der Waals surface area contributed by atoms with Crippen LogP contribution < -0.4 is 15.5 Å². The minimum absolute atomic E-state index is 0.345. The van der Waals surface area contributed by atoms with E-state index in [-0.39, 0.29) is 0 Å². The molecule has 9 heteroatoms. The normalized spacial score (nSPS) is 14.1. The number of fused-ring (bicyclic) bond motifs is 2. The van der Waals surface area contributed by atoms with Gasteiger partial charge in [0.05, 0.1) is 16.2 Å². The molecule has 2 aromatic carbocycles. The number of piperazine rings is 1. The van der Waals surface area contributed by atoms with Gasteiger partial charge in [0, 0.05) is 42.5 Å². The zero-order valence-corrected chi connectivity index (χ0v) is 17.9. The highest BCUT2D eigenvalue weighted by atomic mass is 35.5. The van der Waals surface area contributed by atoms with Gasteiger partial charge in [-0.1, -0.05) is 35.9 Å². The fourth-order valence-electron chi connectivity index (χ4n) is 4.02. The molecule has 1 fully saturated rings. The summed E-state index contributed by atoms with van der Waals surface area (Å²) in [4.78, 5) is 27.6. The van der Waals surface area contributed by atoms with Gasteiger partial charge >= 0.3 is 0 Å². The lowest BCUT2D eigenvalue weighted by Gasteiger charge is -2.29. The summed E-state index contributed by atoms with van der Waals surface area (Å²) in [6.07, 6.45) is 1.57. The van der Waals surface area contributed by atoms with E-state index in [1.807, 2.05) is 36.4 Å². The van der Waals surface area contributed by atoms with Crippen LogP contribution in [0, 0.1) is 0 Å². The standard InChI is InChI=1S/C23H21ClN6O2/c24-18-10-17-19(26-13-27-23(17)30-7-5-25-6-8-30)11-16(18)22-15-4-2-1-3-14(15)9-20(29-22)28-21(32)12-31/h1-4,9-11,13,25,31H,5-8,12H2,(H,28,29,32). The first-order valence-electron chi connectivity index (χ1n) is 10.3. The van der Waals surface area contributed by atoms with E-state index < -0.39 is 12.5 Å². The maximum Gasteiger partial charge on any atom is 0.251 e. The number of rotatable bonds is 4. The van der Waals surface area contributed by atoms with Gasteiger partial charge in [0.2, 0.25) is 0 Å². The maximum absolute atomic E-state index is 11.7. The third-order valence-corrected chi connectivity index (χ3v) is 5.84. The second-order valence-electron chi connectivity index (χ2n) is 7.57. The van der Waals surface area contributed by atoms with Gasteiger partial charge < -0.3 is 20.6 Å². The number of aliphatic hydroxyl groups excluding tert-OH is 1. The van der Waals surface area contributed by atoms with Crippen LogP contribution in [0.1, 0.15) is 0 Å². The van der Waals surface area contributed by atoms with Crippen molar-refractivity contribution in [3.8, 4) is 11.3 Å². The van der Waals surface area contributed by atoms with E-state index >= 15 is 0 Å². The average molecular weight is 449 g/mol. The van der Waals surface area contributed by atoms with Crippen LogP contribution in [0.3, 0.4) is 0 Å². The molecule has 0 aliphatic carbocycles. The molecule has 3 heterocycles. The predicted molar refractivity (Wildman–Crippen MR) is 126 cm³/mol. The van der Waals surface area contributed by atoms with E-state index in [4.69, 9.17) is 16.7 Å². The van der Waals surface area contributed by atoms with Crippen LogP contribution in [0.2, 0.25) is 5.02 Å². The number of hydrogen-bond acceptors (Lipinski definition) is 7. The molecule has 0 saturated carbocycles. The number of carbonyl (C=O) groups excluding carboxylic acids is 1. The molecule has 0 unspecified atom stereocenters. The lowest BCUT2D eigenvalue weighted by Crippen LogP contribution is -2.44. The molecule has 1 aliphatic rings. The molecule has 5 rings (SSSR count). The number of aliphatic hydroxyl groups is 1. The minimum atomic E-state index is -0.619. The summed E-state index contributed by atoms with van der Waals surface area (Å²) in [7, 11) is 0. The van der Waals surface area contributed by atoms with Crippen LogP contribution in [0.4, 0.5) is 11.6 Å². The van der Waals surface area contributed by atoms with Gasteiger partial charge in [-0.3, -0.25) is 4.79 Å². The summed E-state index contributed by atoms with van der Waals surface area (Å²) in [6, 6.07) is 13.3. The number of benzene rings is 2. The highest BCUT2D eigenvalue weighted by molar-refractivity contribution is 6.34. The first kappa shape index (κ1) is 20.6. The number of anilines is 2. The van der Waals surface area contributed by atoms with Crippen LogP contribution in [0.5, 0.6) is 0 Å². The molecular weight excluding hydrogens is 428 g/mol. The Balaban J connectivity index is 1.67. The lowest BCUT2D eigenvalue weighted by atomic mass is 10.0. The van der Waals surface area contributed by atoms with Crippen molar-refractivity contribution in [1.29, 1.82) is 0 Å². The Morgan fingerprint density at radius 3 is 2.75 bits per heavy atom. The van der Waals surface area contributed by atoms with Crippen molar-refractivity contribution in [3.63, 3.8) is 0 Å². The van der Waals surface area contributed by atoms with Crippen molar-refractivity contribution < 1.29 is 9.90 Å². The molecule has 1 amide bonds. The molecule has 0 atom stereocenters. The molecule has 0 bridgehead atoms. The van der Waals surface area contributed by atoms with Gasteiger partial charge in [0.15, 0.2) is 0 Å². The molecule has 3 N–H and O–H groups in total. The summed E-state index contributed by atoms with van der Waals surface area (Å²) in [5.41, 5.74) is 2.11. The van der Waals surface area contributed by atoms with Crippen LogP contribution in [-0.2, 0) is 4.79 Å². The Kier molecular flexibility index (Phi) is 5.57. The molecule has 162 valence electrons. The van der Waals surface area contributed by atoms with Crippen LogP contribution in [-0.4, -0.2) is 58.8 Å². The molecule has 2 aromatic heterocycles. The van der Waals surface area contributed by atoms with Crippen molar-refractivity contribution in [1.82, 2.24) is 20.3 Å². The van der Waals surface area contributed by atoms with E-state index in [1.165, 1.54) is 0 Å². The fourth-order valence-corrected chi connectivity index (χ4v) is 4.28. The minimum Gasteiger partial charge on any atom is -0.387 e. The van der Waals surface area contributed by atoms with E-state index in [1.54, 1.807) is 12.4 Å². The van der Waals surface area contributed by atoms with Crippen molar-refractivity contribution in [2.24, 2.45) is 0 Å². The monoisotopic (exact) mass is 448 g/mol. The summed E-state index contributed by atoms with van der Waals surface area (Å²) >= 11 is 6.78. The van der Waals surface area contributed by atoms with Crippen molar-refractivity contribution in [2.75, 3.05) is 43.0 Å². The number of halogens is 1. The average Bonchev–Trinajstić information content (AvgIpc) is 2.83. The maximum atomic E-state index is 11.7. The number of pyridine rings is 1. The number of amides is 1. The smallest absolute Gasteiger partial charge is 0.251 e. The van der Waals surface area contributed by atoms with Crippen LogP contribution >= 0.6 is 11.6 Å². The zero-order chi connectivity index (χ0) is 22.1. The number of nitrogens with one attached hydrogen (secondary N) is 2. The summed E-state index contributed by atoms with van der Waals surface area (Å²) in [5, 5.41) is 18.3. The van der Waals surface area contributed by atoms with Crippen molar-refractivity contribution in [2.45, 2.75) is 0 Å². The van der Waals surface area contributed by atoms with Gasteiger partial charge in [-0.2, -0.15) is 0 Å². The van der Waals surface area contributed by atoms with Crippen molar-refractivity contribution >= 4 is 50.8 Å². The Labute approximate surface area is 189 Å². The number of carbonyl (C=O) groups is 1. The molecular formula is C23H21ClN6O2. The van der Waals surface area contributed by atoms with Gasteiger partial charge in [-0.25, -0.2) is 15.0 Å². The molecule has 0 spiro atoms. The van der Waals surface area contributed by atoms with Gasteiger partial charge in [0.25, 0.3) is 5.91 Å². The number of aromatic nitrogens is 3. The molecule has 32 heavy (non-hydrogen) atoms. The first-order chi connectivity index (χ1) is 15.6. The van der Waals surface area contributed by atoms with Gasteiger partial charge in [-0.05, 0) is 23.6 Å². The Morgan fingerprint density at radius 2 is 1.94 bits per heavy atom. The van der Waals surface area contributed by atoms with Gasteiger partial charge in [-0.15, -0.1) is 0 Å². The van der Waals surface area contributed by atoms with E-state index in [9.17, 15) is 4.79 Å². The zero-order valence-electron chi connectivity index (χ0n) is 17.2. The second-order valence-corrected chi connectivity index (χ2v) is 7.97. The number of hydrogen-bond donors (Lipinski definition) is 3. The lowest BCUT2D eigenvalue weighted by molar-refractivity contribution is -0.118. The molecule has 1 aliphatic heterocycles. The SMILES string of the molecule is O=C(CO)Nc1cc2ccccc2c(-c2cc3ncnc(N4CCNCC4)c3cc2Cl)n1. The molecule has 1 saturated heterocycles. The van der Waals surface area contributed by atoms with E-state index in [0.717, 1.165) is 53.7 Å². The Hall–Kier alpha value is -3.33. The molecule has 0 radical (unpaired) electrons. The van der Waals surface area contributed by atoms with Crippen LogP contribution in [0.15, 0.2) is 48.8 Å². The largest absolute Gasteiger partial charge is 0.387 e. The number of nitrogens with zero attached hydrogens (tertiary/aromatic N) is 4. The van der Waals surface area contributed by atoms with Gasteiger partial charge in [0.1, 0.15) is 24.6 Å². The molecule has 4 aromatic rings. The van der Waals surface area contributed by atoms with E-state index in [2.05, 4.69) is 30.5 Å². The first-order valence-corrected chi connectivity index (χ1v) is 10.7. The third kappa shape index (κ3) is 3.84. The summed E-state index contributed by atoms with van der Waals surface area (Å²) in [6.45, 7) is 2.92. The Morgan fingerprint density at radius 1 is 1.12 bits per heavy atom.